The molecule has 0 aliphatic rings. The van der Waals surface area contributed by atoms with Gasteiger partial charge < -0.3 is 10.6 Å². The van der Waals surface area contributed by atoms with Crippen LogP contribution < -0.4 is 10.6 Å². The average molecular weight is 440 g/mol. The number of halogens is 3. The maximum absolute atomic E-state index is 13.6. The van der Waals surface area contributed by atoms with Crippen molar-refractivity contribution in [3.05, 3.63) is 68.9 Å². The standard InChI is InChI=1S/C19H17BrClFN2O2/c1-2-9-23-19(26)15-6-5-14(11-16(15)21)24-18(25)8-3-12-10-13(20)4-7-17(12)22/h3-8,10-11H,2,9H2,1H3,(H,23,26)(H,24,25)/b8-3+. The number of hydrogen-bond donors (Lipinski definition) is 2. The van der Waals surface area contributed by atoms with Crippen LogP contribution in [0.15, 0.2) is 46.9 Å². The summed E-state index contributed by atoms with van der Waals surface area (Å²) in [6.45, 7) is 2.51. The molecule has 0 spiro atoms. The molecule has 0 heterocycles. The molecule has 0 aliphatic carbocycles. The molecule has 0 radical (unpaired) electrons. The van der Waals surface area contributed by atoms with E-state index in [9.17, 15) is 14.0 Å². The van der Waals surface area contributed by atoms with Crippen molar-refractivity contribution in [1.29, 1.82) is 0 Å². The normalized spacial score (nSPS) is 10.8. The lowest BCUT2D eigenvalue weighted by atomic mass is 10.1. The monoisotopic (exact) mass is 438 g/mol. The first-order chi connectivity index (χ1) is 12.4. The highest BCUT2D eigenvalue weighted by molar-refractivity contribution is 9.10. The van der Waals surface area contributed by atoms with Gasteiger partial charge in [-0.3, -0.25) is 9.59 Å². The average Bonchev–Trinajstić information content (AvgIpc) is 2.60. The van der Waals surface area contributed by atoms with Crippen molar-refractivity contribution < 1.29 is 14.0 Å². The molecule has 2 amide bonds. The van der Waals surface area contributed by atoms with Crippen molar-refractivity contribution in [3.8, 4) is 0 Å². The van der Waals surface area contributed by atoms with Crippen LogP contribution in [0.3, 0.4) is 0 Å². The molecule has 7 heteroatoms. The van der Waals surface area contributed by atoms with Gasteiger partial charge in [0.2, 0.25) is 5.91 Å². The Morgan fingerprint density at radius 1 is 1.23 bits per heavy atom. The Morgan fingerprint density at radius 2 is 2.00 bits per heavy atom. The lowest BCUT2D eigenvalue weighted by Gasteiger charge is -2.08. The number of carbonyl (C=O) groups is 2. The van der Waals surface area contributed by atoms with Gasteiger partial charge in [-0.2, -0.15) is 0 Å². The smallest absolute Gasteiger partial charge is 0.252 e. The summed E-state index contributed by atoms with van der Waals surface area (Å²) in [6.07, 6.45) is 3.42. The van der Waals surface area contributed by atoms with Gasteiger partial charge in [0.25, 0.3) is 5.91 Å². The van der Waals surface area contributed by atoms with Crippen molar-refractivity contribution in [3.63, 3.8) is 0 Å². The van der Waals surface area contributed by atoms with E-state index in [1.54, 1.807) is 24.3 Å². The Morgan fingerprint density at radius 3 is 2.69 bits per heavy atom. The zero-order valence-electron chi connectivity index (χ0n) is 14.0. The number of amides is 2. The van der Waals surface area contributed by atoms with E-state index in [0.717, 1.165) is 6.42 Å². The Bertz CT molecular complexity index is 855. The maximum Gasteiger partial charge on any atom is 0.252 e. The van der Waals surface area contributed by atoms with E-state index < -0.39 is 11.7 Å². The molecule has 2 aromatic rings. The first-order valence-electron chi connectivity index (χ1n) is 7.92. The van der Waals surface area contributed by atoms with Crippen LogP contribution in [-0.2, 0) is 4.79 Å². The second-order valence-corrected chi connectivity index (χ2v) is 6.76. The number of benzene rings is 2. The van der Waals surface area contributed by atoms with Gasteiger partial charge >= 0.3 is 0 Å². The SMILES string of the molecule is CCCNC(=O)c1ccc(NC(=O)/C=C/c2cc(Br)ccc2F)cc1Cl. The van der Waals surface area contributed by atoms with Crippen LogP contribution in [0.5, 0.6) is 0 Å². The molecule has 2 N–H and O–H groups in total. The summed E-state index contributed by atoms with van der Waals surface area (Å²) >= 11 is 9.36. The van der Waals surface area contributed by atoms with E-state index in [0.29, 0.717) is 22.3 Å². The first kappa shape index (κ1) is 20.1. The van der Waals surface area contributed by atoms with Gasteiger partial charge in [0.1, 0.15) is 5.82 Å². The molecule has 26 heavy (non-hydrogen) atoms. The van der Waals surface area contributed by atoms with E-state index in [4.69, 9.17) is 11.6 Å². The molecule has 136 valence electrons. The van der Waals surface area contributed by atoms with Crippen LogP contribution in [0.4, 0.5) is 10.1 Å². The summed E-state index contributed by atoms with van der Waals surface area (Å²) in [7, 11) is 0. The molecule has 0 aliphatic heterocycles. The van der Waals surface area contributed by atoms with Crippen molar-refractivity contribution in [2.45, 2.75) is 13.3 Å². The third-order valence-electron chi connectivity index (χ3n) is 3.39. The third-order valence-corrected chi connectivity index (χ3v) is 4.20. The summed E-state index contributed by atoms with van der Waals surface area (Å²) in [4.78, 5) is 23.9. The van der Waals surface area contributed by atoms with Crippen molar-refractivity contribution >= 4 is 51.1 Å². The van der Waals surface area contributed by atoms with E-state index in [-0.39, 0.29) is 16.5 Å². The van der Waals surface area contributed by atoms with E-state index in [1.165, 1.54) is 24.3 Å². The number of anilines is 1. The molecule has 0 bridgehead atoms. The van der Waals surface area contributed by atoms with Gasteiger partial charge in [0.15, 0.2) is 0 Å². The number of nitrogens with one attached hydrogen (secondary N) is 2. The van der Waals surface area contributed by atoms with Gasteiger partial charge in [-0.15, -0.1) is 0 Å². The zero-order valence-corrected chi connectivity index (χ0v) is 16.3. The summed E-state index contributed by atoms with van der Waals surface area (Å²) in [6, 6.07) is 9.07. The molecule has 0 aromatic heterocycles. The van der Waals surface area contributed by atoms with Gasteiger partial charge in [-0.25, -0.2) is 4.39 Å². The highest BCUT2D eigenvalue weighted by Gasteiger charge is 2.11. The van der Waals surface area contributed by atoms with Gasteiger partial charge in [-0.1, -0.05) is 34.5 Å². The number of hydrogen-bond acceptors (Lipinski definition) is 2. The molecular weight excluding hydrogens is 423 g/mol. The van der Waals surface area contributed by atoms with Gasteiger partial charge in [-0.05, 0) is 48.9 Å². The Hall–Kier alpha value is -2.18. The fourth-order valence-corrected chi connectivity index (χ4v) is 2.75. The molecular formula is C19H17BrClFN2O2. The fourth-order valence-electron chi connectivity index (χ4n) is 2.10. The van der Waals surface area contributed by atoms with Crippen LogP contribution in [0.2, 0.25) is 5.02 Å². The summed E-state index contributed by atoms with van der Waals surface area (Å²) in [5, 5.41) is 5.59. The van der Waals surface area contributed by atoms with E-state index >= 15 is 0 Å². The van der Waals surface area contributed by atoms with Crippen LogP contribution in [0.25, 0.3) is 6.08 Å². The summed E-state index contributed by atoms with van der Waals surface area (Å²) in [5.41, 5.74) is 1.06. The zero-order chi connectivity index (χ0) is 19.1. The summed E-state index contributed by atoms with van der Waals surface area (Å²) in [5.74, 6) is -1.13. The second kappa shape index (κ2) is 9.50. The minimum Gasteiger partial charge on any atom is -0.352 e. The molecule has 0 saturated carbocycles. The minimum absolute atomic E-state index is 0.235. The lowest BCUT2D eigenvalue weighted by molar-refractivity contribution is -0.111. The van der Waals surface area contributed by atoms with Crippen LogP contribution in [0, 0.1) is 5.82 Å². The fraction of sp³-hybridized carbons (Fsp3) is 0.158. The molecule has 0 unspecified atom stereocenters. The minimum atomic E-state index is -0.441. The number of rotatable bonds is 6. The predicted octanol–water partition coefficient (Wildman–Crippen LogP) is 5.03. The lowest BCUT2D eigenvalue weighted by Crippen LogP contribution is -2.24. The molecule has 0 fully saturated rings. The van der Waals surface area contributed by atoms with E-state index in [2.05, 4.69) is 26.6 Å². The van der Waals surface area contributed by atoms with Crippen LogP contribution in [0.1, 0.15) is 29.3 Å². The Balaban J connectivity index is 2.05. The molecule has 0 saturated heterocycles. The van der Waals surface area contributed by atoms with Gasteiger partial charge in [0, 0.05) is 28.3 Å². The molecule has 2 rings (SSSR count). The first-order valence-corrected chi connectivity index (χ1v) is 9.09. The molecule has 2 aromatic carbocycles. The van der Waals surface area contributed by atoms with Crippen molar-refractivity contribution in [2.75, 3.05) is 11.9 Å². The maximum atomic E-state index is 13.6. The van der Waals surface area contributed by atoms with Crippen LogP contribution in [-0.4, -0.2) is 18.4 Å². The Kier molecular flexibility index (Phi) is 7.36. The van der Waals surface area contributed by atoms with E-state index in [1.807, 2.05) is 6.92 Å². The summed E-state index contributed by atoms with van der Waals surface area (Å²) < 4.78 is 14.4. The Labute approximate surface area is 164 Å². The predicted molar refractivity (Wildman–Crippen MR) is 106 cm³/mol. The highest BCUT2D eigenvalue weighted by atomic mass is 79.9. The second-order valence-electron chi connectivity index (χ2n) is 5.44. The topological polar surface area (TPSA) is 58.2 Å². The molecule has 0 atom stereocenters. The van der Waals surface area contributed by atoms with Crippen molar-refractivity contribution in [2.24, 2.45) is 0 Å². The van der Waals surface area contributed by atoms with Gasteiger partial charge in [0.05, 0.1) is 10.6 Å². The number of carbonyl (C=O) groups excluding carboxylic acids is 2. The van der Waals surface area contributed by atoms with Crippen molar-refractivity contribution in [1.82, 2.24) is 5.32 Å². The highest BCUT2D eigenvalue weighted by Crippen LogP contribution is 2.21. The molecule has 4 nitrogen and oxygen atoms in total. The van der Waals surface area contributed by atoms with Crippen LogP contribution >= 0.6 is 27.5 Å². The third kappa shape index (κ3) is 5.68. The quantitative estimate of drug-likeness (QED) is 0.620. The largest absolute Gasteiger partial charge is 0.352 e.